The van der Waals surface area contributed by atoms with Crippen molar-refractivity contribution in [2.75, 3.05) is 7.11 Å². The molecule has 1 aromatic rings. The van der Waals surface area contributed by atoms with Crippen molar-refractivity contribution < 1.29 is 19.0 Å². The van der Waals surface area contributed by atoms with Gasteiger partial charge in [-0.2, -0.15) is 0 Å². The molecule has 1 aliphatic rings. The van der Waals surface area contributed by atoms with Gasteiger partial charge in [-0.15, -0.1) is 0 Å². The lowest BCUT2D eigenvalue weighted by molar-refractivity contribution is -0.142. The molecule has 0 radical (unpaired) electrons. The molecule has 0 saturated heterocycles. The third-order valence-corrected chi connectivity index (χ3v) is 4.23. The van der Waals surface area contributed by atoms with Crippen molar-refractivity contribution >= 4 is 5.97 Å². The Balaban J connectivity index is 2.00. The van der Waals surface area contributed by atoms with Crippen LogP contribution in [0.2, 0.25) is 0 Å². The van der Waals surface area contributed by atoms with E-state index in [1.165, 1.54) is 13.2 Å². The first kappa shape index (κ1) is 15.8. The third kappa shape index (κ3) is 3.73. The Labute approximate surface area is 124 Å². The van der Waals surface area contributed by atoms with Gasteiger partial charge in [0.2, 0.25) is 0 Å². The van der Waals surface area contributed by atoms with Crippen LogP contribution in [0.1, 0.15) is 44.2 Å². The van der Waals surface area contributed by atoms with E-state index in [1.54, 1.807) is 12.1 Å². The highest BCUT2D eigenvalue weighted by Gasteiger charge is 2.27. The van der Waals surface area contributed by atoms with E-state index in [4.69, 9.17) is 9.84 Å². The molecular formula is C16H22FNO3. The second-order valence-electron chi connectivity index (χ2n) is 5.63. The number of halogens is 1. The number of hydrogen-bond donors (Lipinski definition) is 2. The third-order valence-electron chi connectivity index (χ3n) is 4.23. The largest absolute Gasteiger partial charge is 0.496 e. The van der Waals surface area contributed by atoms with E-state index in [0.29, 0.717) is 24.2 Å². The molecule has 2 N–H and O–H groups in total. The van der Waals surface area contributed by atoms with E-state index in [-0.39, 0.29) is 23.8 Å². The molecule has 4 nitrogen and oxygen atoms in total. The molecule has 1 saturated carbocycles. The number of carboxylic acids is 1. The van der Waals surface area contributed by atoms with Gasteiger partial charge in [-0.05, 0) is 44.7 Å². The molecule has 0 spiro atoms. The van der Waals surface area contributed by atoms with Gasteiger partial charge in [0.05, 0.1) is 13.0 Å². The van der Waals surface area contributed by atoms with Crippen LogP contribution < -0.4 is 10.1 Å². The molecule has 1 fully saturated rings. The van der Waals surface area contributed by atoms with Gasteiger partial charge < -0.3 is 15.2 Å². The summed E-state index contributed by atoms with van der Waals surface area (Å²) in [6.45, 7) is 1.91. The molecule has 1 aromatic carbocycles. The van der Waals surface area contributed by atoms with Gasteiger partial charge in [-0.25, -0.2) is 4.39 Å². The minimum Gasteiger partial charge on any atom is -0.496 e. The molecule has 21 heavy (non-hydrogen) atoms. The van der Waals surface area contributed by atoms with E-state index < -0.39 is 5.97 Å². The van der Waals surface area contributed by atoms with Crippen molar-refractivity contribution in [2.24, 2.45) is 5.92 Å². The van der Waals surface area contributed by atoms with Gasteiger partial charge in [0.15, 0.2) is 0 Å². The second kappa shape index (κ2) is 6.89. The molecule has 0 heterocycles. The highest BCUT2D eigenvalue weighted by Crippen LogP contribution is 2.30. The summed E-state index contributed by atoms with van der Waals surface area (Å²) in [4.78, 5) is 10.9. The fourth-order valence-electron chi connectivity index (χ4n) is 3.06. The van der Waals surface area contributed by atoms with Crippen molar-refractivity contribution in [3.05, 3.63) is 29.6 Å². The SMILES string of the molecule is COc1cccc(F)c1C(C)NC1CCC(C(=O)O)CC1. The number of rotatable bonds is 5. The average molecular weight is 295 g/mol. The van der Waals surface area contributed by atoms with Gasteiger partial charge >= 0.3 is 5.97 Å². The molecule has 1 unspecified atom stereocenters. The second-order valence-corrected chi connectivity index (χ2v) is 5.63. The highest BCUT2D eigenvalue weighted by molar-refractivity contribution is 5.70. The lowest BCUT2D eigenvalue weighted by atomic mass is 9.85. The van der Waals surface area contributed by atoms with Crippen LogP contribution in [0.5, 0.6) is 5.75 Å². The van der Waals surface area contributed by atoms with E-state index in [0.717, 1.165) is 12.8 Å². The van der Waals surface area contributed by atoms with Crippen LogP contribution >= 0.6 is 0 Å². The fraction of sp³-hybridized carbons (Fsp3) is 0.562. The summed E-state index contributed by atoms with van der Waals surface area (Å²) in [5.41, 5.74) is 0.528. The standard InChI is InChI=1S/C16H22FNO3/c1-10(15-13(17)4-3-5-14(15)21-2)18-12-8-6-11(7-9-12)16(19)20/h3-5,10-12,18H,6-9H2,1-2H3,(H,19,20). The van der Waals surface area contributed by atoms with Crippen molar-refractivity contribution in [3.63, 3.8) is 0 Å². The van der Waals surface area contributed by atoms with Crippen molar-refractivity contribution in [3.8, 4) is 5.75 Å². The number of ether oxygens (including phenoxy) is 1. The van der Waals surface area contributed by atoms with E-state index in [2.05, 4.69) is 5.32 Å². The number of benzene rings is 1. The summed E-state index contributed by atoms with van der Waals surface area (Å²) in [5, 5.41) is 12.4. The molecule has 2 rings (SSSR count). The Kier molecular flexibility index (Phi) is 5.17. The monoisotopic (exact) mass is 295 g/mol. The summed E-state index contributed by atoms with van der Waals surface area (Å²) in [6, 6.07) is 4.85. The topological polar surface area (TPSA) is 58.6 Å². The van der Waals surface area contributed by atoms with Crippen LogP contribution in [0.4, 0.5) is 4.39 Å². The number of carboxylic acid groups (broad SMARTS) is 1. The molecule has 1 aliphatic carbocycles. The minimum absolute atomic E-state index is 0.174. The molecule has 0 aromatic heterocycles. The van der Waals surface area contributed by atoms with E-state index in [9.17, 15) is 9.18 Å². The average Bonchev–Trinajstić information content (AvgIpc) is 2.47. The molecule has 116 valence electrons. The van der Waals surface area contributed by atoms with Gasteiger partial charge in [0, 0.05) is 17.6 Å². The van der Waals surface area contributed by atoms with Gasteiger partial charge in [0.25, 0.3) is 0 Å². The summed E-state index contributed by atoms with van der Waals surface area (Å²) < 4.78 is 19.2. The molecule has 1 atom stereocenters. The zero-order chi connectivity index (χ0) is 15.4. The lowest BCUT2D eigenvalue weighted by Gasteiger charge is -2.30. The lowest BCUT2D eigenvalue weighted by Crippen LogP contribution is -2.36. The van der Waals surface area contributed by atoms with Crippen LogP contribution in [0, 0.1) is 11.7 Å². The predicted octanol–water partition coefficient (Wildman–Crippen LogP) is 3.13. The van der Waals surface area contributed by atoms with Crippen molar-refractivity contribution in [1.82, 2.24) is 5.32 Å². The van der Waals surface area contributed by atoms with Gasteiger partial charge in [-0.1, -0.05) is 6.07 Å². The first-order chi connectivity index (χ1) is 10.0. The van der Waals surface area contributed by atoms with Crippen LogP contribution in [0.25, 0.3) is 0 Å². The Bertz CT molecular complexity index is 498. The molecule has 5 heteroatoms. The Morgan fingerprint density at radius 1 is 1.38 bits per heavy atom. The number of nitrogens with one attached hydrogen (secondary N) is 1. The normalized spacial score (nSPS) is 23.6. The van der Waals surface area contributed by atoms with Gasteiger partial charge in [-0.3, -0.25) is 4.79 Å². The molecule has 0 amide bonds. The Hall–Kier alpha value is -1.62. The molecule has 0 aliphatic heterocycles. The molecular weight excluding hydrogens is 273 g/mol. The fourth-order valence-corrected chi connectivity index (χ4v) is 3.06. The number of aliphatic carboxylic acids is 1. The van der Waals surface area contributed by atoms with Crippen molar-refractivity contribution in [2.45, 2.75) is 44.7 Å². The zero-order valence-electron chi connectivity index (χ0n) is 12.4. The first-order valence-electron chi connectivity index (χ1n) is 7.34. The Morgan fingerprint density at radius 3 is 2.62 bits per heavy atom. The smallest absolute Gasteiger partial charge is 0.306 e. The van der Waals surface area contributed by atoms with Gasteiger partial charge in [0.1, 0.15) is 11.6 Å². The van der Waals surface area contributed by atoms with Crippen LogP contribution in [0.15, 0.2) is 18.2 Å². The maximum atomic E-state index is 14.0. The number of hydrogen-bond acceptors (Lipinski definition) is 3. The maximum absolute atomic E-state index is 14.0. The maximum Gasteiger partial charge on any atom is 0.306 e. The number of methoxy groups -OCH3 is 1. The first-order valence-corrected chi connectivity index (χ1v) is 7.34. The highest BCUT2D eigenvalue weighted by atomic mass is 19.1. The summed E-state index contributed by atoms with van der Waals surface area (Å²) in [5.74, 6) is -0.693. The van der Waals surface area contributed by atoms with Crippen LogP contribution in [-0.4, -0.2) is 24.2 Å². The van der Waals surface area contributed by atoms with E-state index >= 15 is 0 Å². The quantitative estimate of drug-likeness (QED) is 0.876. The van der Waals surface area contributed by atoms with E-state index in [1.807, 2.05) is 6.92 Å². The zero-order valence-corrected chi connectivity index (χ0v) is 12.4. The predicted molar refractivity (Wildman–Crippen MR) is 77.9 cm³/mol. The summed E-state index contributed by atoms with van der Waals surface area (Å²) >= 11 is 0. The summed E-state index contributed by atoms with van der Waals surface area (Å²) in [6.07, 6.45) is 2.96. The van der Waals surface area contributed by atoms with Crippen LogP contribution in [-0.2, 0) is 4.79 Å². The number of carbonyl (C=O) groups is 1. The Morgan fingerprint density at radius 2 is 2.05 bits per heavy atom. The molecule has 0 bridgehead atoms. The summed E-state index contributed by atoms with van der Waals surface area (Å²) in [7, 11) is 1.53. The minimum atomic E-state index is -0.711. The van der Waals surface area contributed by atoms with Crippen molar-refractivity contribution in [1.29, 1.82) is 0 Å². The van der Waals surface area contributed by atoms with Crippen LogP contribution in [0.3, 0.4) is 0 Å².